The fourth-order valence-electron chi connectivity index (χ4n) is 11.8. The molecule has 0 spiro atoms. The number of ether oxygens (including phenoxy) is 1. The number of aromatic nitrogens is 4. The summed E-state index contributed by atoms with van der Waals surface area (Å²) in [5, 5.41) is 1.32. The van der Waals surface area contributed by atoms with E-state index in [-0.39, 0.29) is 95.4 Å². The lowest BCUT2D eigenvalue weighted by Gasteiger charge is -2.27. The predicted octanol–water partition coefficient (Wildman–Crippen LogP) is 23.2. The first-order chi connectivity index (χ1) is 58.8. The summed E-state index contributed by atoms with van der Waals surface area (Å²) in [5.41, 5.74) is -5.21. The third-order valence-corrected chi connectivity index (χ3v) is 16.5. The molecule has 5 heteroatoms. The Kier molecular flexibility index (Phi) is 8.48. The molecular weight excluding hydrogens is 1140 g/mol. The lowest BCUT2D eigenvalue weighted by molar-refractivity contribution is -0.571. The van der Waals surface area contributed by atoms with Gasteiger partial charge in [0.05, 0.1) is 65.0 Å². The number of nitrogens with zero attached hydrogens (tertiary/aromatic N) is 4. The van der Waals surface area contributed by atoms with E-state index < -0.39 is 204 Å². The highest BCUT2D eigenvalue weighted by molar-refractivity contribution is 6.09. The van der Waals surface area contributed by atoms with Crippen molar-refractivity contribution in [3.63, 3.8) is 0 Å². The Labute approximate surface area is 597 Å². The number of para-hydroxylation sites is 1. The zero-order valence-electron chi connectivity index (χ0n) is 83.6. The van der Waals surface area contributed by atoms with Crippen LogP contribution in [0.25, 0.3) is 128 Å². The Hall–Kier alpha value is -11.1. The van der Waals surface area contributed by atoms with Gasteiger partial charge in [-0.05, 0) is 210 Å². The van der Waals surface area contributed by atoms with Crippen LogP contribution in [0.1, 0.15) is 113 Å². The zero-order valence-corrected chi connectivity index (χ0v) is 51.6. The largest absolute Gasteiger partial charge is 0.458 e. The molecule has 0 saturated carbocycles. The second kappa shape index (κ2) is 23.8. The summed E-state index contributed by atoms with van der Waals surface area (Å²) in [6.07, 6.45) is 4.66. The van der Waals surface area contributed by atoms with Crippen molar-refractivity contribution in [3.05, 3.63) is 319 Å². The highest BCUT2D eigenvalue weighted by atomic mass is 16.5. The van der Waals surface area contributed by atoms with Crippen LogP contribution in [0.2, 0.25) is 0 Å². The quantitative estimate of drug-likeness (QED) is 0.0903. The Morgan fingerprint density at radius 1 is 0.426 bits per heavy atom. The summed E-state index contributed by atoms with van der Waals surface area (Å²) in [5.74, 6) is 0.345. The smallest absolute Gasteiger partial charge is 0.269 e. The van der Waals surface area contributed by atoms with Gasteiger partial charge in [-0.3, -0.25) is 13.7 Å². The molecule has 12 aromatic carbocycles. The number of pyridine rings is 1. The van der Waals surface area contributed by atoms with Gasteiger partial charge >= 0.3 is 0 Å². The average molecular weight is 1250 g/mol. The van der Waals surface area contributed by atoms with Gasteiger partial charge in [0.2, 0.25) is 0 Å². The average Bonchev–Trinajstić information content (AvgIpc) is 1.04. The van der Waals surface area contributed by atoms with E-state index >= 15 is 0 Å². The molecule has 5 nitrogen and oxygen atoms in total. The van der Waals surface area contributed by atoms with Crippen LogP contribution in [0.15, 0.2) is 285 Å². The molecule has 94 heavy (non-hydrogen) atoms. The van der Waals surface area contributed by atoms with Gasteiger partial charge < -0.3 is 4.74 Å². The molecule has 0 fully saturated rings. The minimum absolute atomic E-state index is 0.0321. The first-order valence-electron chi connectivity index (χ1n) is 46.0. The van der Waals surface area contributed by atoms with E-state index in [4.69, 9.17) is 41.2 Å². The highest BCUT2D eigenvalue weighted by Gasteiger charge is 2.27. The molecule has 15 aromatic rings. The molecule has 0 radical (unpaired) electrons. The van der Waals surface area contributed by atoms with Gasteiger partial charge in [-0.25, -0.2) is 4.98 Å². The van der Waals surface area contributed by atoms with Crippen LogP contribution in [0, 0.1) is 26.9 Å². The van der Waals surface area contributed by atoms with Crippen molar-refractivity contribution >= 4 is 32.8 Å². The van der Waals surface area contributed by atoms with Crippen molar-refractivity contribution in [1.29, 1.82) is 0 Å². The maximum Gasteiger partial charge on any atom is 0.269 e. The summed E-state index contributed by atoms with van der Waals surface area (Å²) < 4.78 is 304. The molecule has 0 aliphatic rings. The minimum Gasteiger partial charge on any atom is -0.458 e. The maximum absolute atomic E-state index is 10.8. The van der Waals surface area contributed by atoms with Gasteiger partial charge in [0.1, 0.15) is 17.3 Å². The van der Waals surface area contributed by atoms with Crippen LogP contribution < -0.4 is 9.30 Å². The standard InChI is InChI=1S/C89H74N4O/c1-58-26-24-27-59(2)86(58)65-40-43-82-84(52-65)91(73-36-25-37-74(54-73)94-75-41-42-77-76-38-22-23-39-81(76)93(83(77)55-75)85-44-60(3)80(56-90-85)64-34-20-13-21-35-64)57-92(82)87-78(69-46-66(61-28-14-10-15-29-61)45-67(47-69)62-30-16-11-17-31-62)50-68(63-32-18-12-19-33-63)51-79(87)70-48-71(88(4,5)6)53-72(49-70)89(7,8)9/h10-56H,1-9H3/i1D3,2D3,3D3,10D,11D,12D,13D,14D,15D,16D,17D,18D,19D,20D,21D,28D,29D,30D,31D,32D,33D,34D,35D,45D,46D,47D. The summed E-state index contributed by atoms with van der Waals surface area (Å²) in [7, 11) is 0. The summed E-state index contributed by atoms with van der Waals surface area (Å²) >= 11 is 0. The molecule has 3 heterocycles. The van der Waals surface area contributed by atoms with Crippen LogP contribution in [-0.4, -0.2) is 14.1 Å². The van der Waals surface area contributed by atoms with E-state index in [1.165, 1.54) is 63.7 Å². The first kappa shape index (κ1) is 33.4. The Morgan fingerprint density at radius 2 is 0.989 bits per heavy atom. The summed E-state index contributed by atoms with van der Waals surface area (Å²) in [4.78, 5) is 4.73. The van der Waals surface area contributed by atoms with Crippen LogP contribution in [0.4, 0.5) is 0 Å². The second-order valence-corrected chi connectivity index (χ2v) is 24.6. The molecule has 0 aliphatic heterocycles. The molecular formula is C89H74N4O. The number of rotatable bonds is 12. The van der Waals surface area contributed by atoms with Gasteiger partial charge in [0, 0.05) is 40.9 Å². The molecule has 0 amide bonds. The van der Waals surface area contributed by atoms with Crippen LogP contribution in [0.5, 0.6) is 11.5 Å². The number of hydrogen-bond acceptors (Lipinski definition) is 2. The van der Waals surface area contributed by atoms with Crippen molar-refractivity contribution in [1.82, 2.24) is 14.1 Å². The van der Waals surface area contributed by atoms with Crippen molar-refractivity contribution in [3.8, 4) is 107 Å². The normalized spacial score (nSPS) is 17.1. The van der Waals surface area contributed by atoms with Crippen LogP contribution >= 0.6 is 0 Å². The van der Waals surface area contributed by atoms with Gasteiger partial charge in [-0.1, -0.05) is 235 Å². The third kappa shape index (κ3) is 11.2. The molecule has 0 saturated heterocycles. The van der Waals surface area contributed by atoms with Gasteiger partial charge in [-0.15, -0.1) is 0 Å². The Balaban J connectivity index is 1.08. The van der Waals surface area contributed by atoms with E-state index in [1.54, 1.807) is 65.2 Å². The number of hydrogen-bond donors (Lipinski definition) is 0. The Morgan fingerprint density at radius 3 is 1.62 bits per heavy atom. The van der Waals surface area contributed by atoms with E-state index in [0.717, 1.165) is 6.20 Å². The Bertz CT molecular complexity index is 6930. The number of benzene rings is 12. The number of imidazole rings is 1. The fourth-order valence-corrected chi connectivity index (χ4v) is 11.8. The van der Waals surface area contributed by atoms with E-state index in [0.29, 0.717) is 38.5 Å². The molecule has 3 aromatic heterocycles. The van der Waals surface area contributed by atoms with Crippen LogP contribution in [-0.2, 0) is 10.8 Å². The molecule has 0 unspecified atom stereocenters. The monoisotopic (exact) mass is 1250 g/mol. The van der Waals surface area contributed by atoms with Crippen molar-refractivity contribution in [2.75, 3.05) is 0 Å². The molecule has 0 bridgehead atoms. The molecule has 0 N–H and O–H groups in total. The zero-order chi connectivity index (χ0) is 91.9. The number of fused-ring (bicyclic) bond motifs is 4. The lowest BCUT2D eigenvalue weighted by atomic mass is 9.78. The van der Waals surface area contributed by atoms with Crippen molar-refractivity contribution < 1.29 is 53.2 Å². The topological polar surface area (TPSA) is 35.9 Å². The third-order valence-electron chi connectivity index (χ3n) is 16.5. The SMILES string of the molecule is [2H]c1c([2H])c([2H])c(-c2cc(-c3cc(C(C)(C)C)cc(C(C)(C)C)c3)c(-[n+]3[c-]n(-c4cccc(Oc5ccc6c7ccccc7n(-c7cc(C([2H])([2H])[2H])c(-c8c([2H])c([2H])c([2H])c([2H])c8[2H])cn7)c6c5)c4)c4cc(-c5c(C([2H])([2H])[2H])cccc5C([2H])([2H])[2H])ccc43)c(-c3c([2H])c(-c4c([2H])c([2H])c([2H])c([2H])c4[2H])c([2H])c(-c4c([2H])c([2H])c([2H])c([2H])c4[2H])c3[2H])c2)c([2H])c1[2H]. The number of aryl methyl sites for hydroxylation is 3. The van der Waals surface area contributed by atoms with E-state index in [9.17, 15) is 12.3 Å². The molecule has 456 valence electrons. The predicted molar refractivity (Wildman–Crippen MR) is 392 cm³/mol. The van der Waals surface area contributed by atoms with Gasteiger partial charge in [0.25, 0.3) is 6.33 Å². The fraction of sp³-hybridized carbons (Fsp3) is 0.124. The maximum atomic E-state index is 10.8. The molecule has 15 rings (SSSR count). The minimum atomic E-state index is -2.96. The van der Waals surface area contributed by atoms with E-state index in [1.807, 2.05) is 65.8 Å². The van der Waals surface area contributed by atoms with Gasteiger partial charge in [0.15, 0.2) is 0 Å². The molecule has 0 aliphatic carbocycles. The highest BCUT2D eigenvalue weighted by Crippen LogP contribution is 2.45. The van der Waals surface area contributed by atoms with Crippen molar-refractivity contribution in [2.24, 2.45) is 0 Å². The van der Waals surface area contributed by atoms with Crippen LogP contribution in [0.3, 0.4) is 0 Å². The molecule has 0 atom stereocenters. The second-order valence-electron chi connectivity index (χ2n) is 24.6. The summed E-state index contributed by atoms with van der Waals surface area (Å²) in [6, 6.07) is 17.3. The first-order valence-corrected chi connectivity index (χ1v) is 30.0. The lowest BCUT2D eigenvalue weighted by Crippen LogP contribution is -2.31. The van der Waals surface area contributed by atoms with E-state index in [2.05, 4.69) is 6.33 Å². The van der Waals surface area contributed by atoms with Gasteiger partial charge in [-0.2, -0.15) is 0 Å². The van der Waals surface area contributed by atoms with Crippen molar-refractivity contribution in [2.45, 2.75) is 72.9 Å². The summed E-state index contributed by atoms with van der Waals surface area (Å²) in [6.45, 7) is 2.88.